The number of nitrogens with zero attached hydrogens (tertiary/aromatic N) is 1. The second-order valence-corrected chi connectivity index (χ2v) is 6.29. The predicted molar refractivity (Wildman–Crippen MR) is 97.7 cm³/mol. The quantitative estimate of drug-likeness (QED) is 0.893. The molecule has 0 aromatic heterocycles. The Kier molecular flexibility index (Phi) is 6.69. The van der Waals surface area contributed by atoms with Gasteiger partial charge in [-0.2, -0.15) is 0 Å². The van der Waals surface area contributed by atoms with Crippen molar-refractivity contribution in [3.63, 3.8) is 0 Å². The van der Waals surface area contributed by atoms with Crippen molar-refractivity contribution in [2.45, 2.75) is 25.8 Å². The Morgan fingerprint density at radius 2 is 1.77 bits per heavy atom. The van der Waals surface area contributed by atoms with Gasteiger partial charge < -0.3 is 5.32 Å². The number of rotatable bonds is 5. The number of piperidine rings is 1. The summed E-state index contributed by atoms with van der Waals surface area (Å²) >= 11 is 0. The molecular weight excluding hydrogens is 292 g/mol. The minimum Gasteiger partial charge on any atom is -0.320 e. The second kappa shape index (κ2) is 8.52. The van der Waals surface area contributed by atoms with Gasteiger partial charge in [-0.3, -0.25) is 4.90 Å². The smallest absolute Gasteiger partial charge is 0.0233 e. The number of hydrogen-bond donors (Lipinski definition) is 1. The lowest BCUT2D eigenvalue weighted by Gasteiger charge is -2.32. The molecule has 0 atom stereocenters. The van der Waals surface area contributed by atoms with Crippen LogP contribution in [0.15, 0.2) is 42.5 Å². The summed E-state index contributed by atoms with van der Waals surface area (Å²) in [4.78, 5) is 2.61. The minimum absolute atomic E-state index is 0. The van der Waals surface area contributed by atoms with Crippen LogP contribution >= 0.6 is 12.4 Å². The topological polar surface area (TPSA) is 15.3 Å². The van der Waals surface area contributed by atoms with E-state index in [1.807, 2.05) is 0 Å². The fourth-order valence-electron chi connectivity index (χ4n) is 3.38. The molecule has 2 nitrogen and oxygen atoms in total. The summed E-state index contributed by atoms with van der Waals surface area (Å²) in [6.07, 6.45) is 4.05. The summed E-state index contributed by atoms with van der Waals surface area (Å²) in [7, 11) is 2.05. The van der Waals surface area contributed by atoms with Gasteiger partial charge in [-0.25, -0.2) is 0 Å². The van der Waals surface area contributed by atoms with Gasteiger partial charge in [-0.05, 0) is 74.3 Å². The summed E-state index contributed by atoms with van der Waals surface area (Å²) in [5, 5.41) is 5.97. The zero-order chi connectivity index (χ0) is 14.5. The number of nitrogens with one attached hydrogen (secondary N) is 1. The third kappa shape index (κ3) is 4.45. The highest BCUT2D eigenvalue weighted by molar-refractivity contribution is 5.85. The van der Waals surface area contributed by atoms with Crippen LogP contribution in [-0.2, 0) is 6.54 Å². The van der Waals surface area contributed by atoms with Crippen LogP contribution in [0.1, 0.15) is 24.8 Å². The van der Waals surface area contributed by atoms with E-state index in [0.29, 0.717) is 0 Å². The Labute approximate surface area is 140 Å². The maximum atomic E-state index is 3.27. The number of benzene rings is 2. The van der Waals surface area contributed by atoms with Gasteiger partial charge in [0.05, 0.1) is 0 Å². The van der Waals surface area contributed by atoms with Gasteiger partial charge in [0.1, 0.15) is 0 Å². The SMILES string of the molecule is CNCCC1CCN(Cc2ccc3ccccc3c2)CC1.Cl. The summed E-state index contributed by atoms with van der Waals surface area (Å²) < 4.78 is 0. The predicted octanol–water partition coefficient (Wildman–Crippen LogP) is 4.08. The van der Waals surface area contributed by atoms with Crippen molar-refractivity contribution < 1.29 is 0 Å². The van der Waals surface area contributed by atoms with E-state index in [1.165, 1.54) is 48.7 Å². The molecule has 2 aromatic rings. The lowest BCUT2D eigenvalue weighted by atomic mass is 9.93. The fourth-order valence-corrected chi connectivity index (χ4v) is 3.38. The number of hydrogen-bond acceptors (Lipinski definition) is 2. The summed E-state index contributed by atoms with van der Waals surface area (Å²) in [6, 6.07) is 15.5. The molecule has 1 aliphatic heterocycles. The molecule has 120 valence electrons. The van der Waals surface area contributed by atoms with Gasteiger partial charge in [0, 0.05) is 6.54 Å². The van der Waals surface area contributed by atoms with E-state index in [2.05, 4.69) is 59.7 Å². The Morgan fingerprint density at radius 3 is 2.50 bits per heavy atom. The zero-order valence-electron chi connectivity index (χ0n) is 13.4. The highest BCUT2D eigenvalue weighted by Crippen LogP contribution is 2.22. The highest BCUT2D eigenvalue weighted by atomic mass is 35.5. The summed E-state index contributed by atoms with van der Waals surface area (Å²) in [5.41, 5.74) is 1.45. The van der Waals surface area contributed by atoms with Gasteiger partial charge >= 0.3 is 0 Å². The second-order valence-electron chi connectivity index (χ2n) is 6.29. The average molecular weight is 319 g/mol. The van der Waals surface area contributed by atoms with Crippen molar-refractivity contribution in [3.05, 3.63) is 48.0 Å². The normalized spacial score (nSPS) is 16.6. The van der Waals surface area contributed by atoms with Crippen molar-refractivity contribution in [1.82, 2.24) is 10.2 Å². The van der Waals surface area contributed by atoms with Crippen molar-refractivity contribution in [2.75, 3.05) is 26.7 Å². The highest BCUT2D eigenvalue weighted by Gasteiger charge is 2.18. The van der Waals surface area contributed by atoms with Crippen LogP contribution < -0.4 is 5.32 Å². The van der Waals surface area contributed by atoms with Crippen LogP contribution in [0.2, 0.25) is 0 Å². The van der Waals surface area contributed by atoms with E-state index < -0.39 is 0 Å². The van der Waals surface area contributed by atoms with Gasteiger partial charge in [0.2, 0.25) is 0 Å². The van der Waals surface area contributed by atoms with E-state index in [4.69, 9.17) is 0 Å². The Hall–Kier alpha value is -1.09. The molecule has 3 heteroatoms. The molecule has 1 saturated heterocycles. The van der Waals surface area contributed by atoms with Crippen LogP contribution in [0.4, 0.5) is 0 Å². The molecule has 0 radical (unpaired) electrons. The van der Waals surface area contributed by atoms with E-state index in [-0.39, 0.29) is 12.4 Å². The number of fused-ring (bicyclic) bond motifs is 1. The summed E-state index contributed by atoms with van der Waals surface area (Å²) in [6.45, 7) is 4.77. The Balaban J connectivity index is 0.00000176. The van der Waals surface area contributed by atoms with Crippen molar-refractivity contribution >= 4 is 23.2 Å². The first-order valence-corrected chi connectivity index (χ1v) is 8.20. The standard InChI is InChI=1S/C19H26N2.ClH/c1-20-11-8-16-9-12-21(13-10-16)15-17-6-7-18-4-2-3-5-19(18)14-17;/h2-7,14,16,20H,8-13,15H2,1H3;1H. The molecular formula is C19H27ClN2. The van der Waals surface area contributed by atoms with E-state index >= 15 is 0 Å². The third-order valence-corrected chi connectivity index (χ3v) is 4.73. The Bertz CT molecular complexity index is 576. The van der Waals surface area contributed by atoms with Crippen LogP contribution in [0.25, 0.3) is 10.8 Å². The molecule has 0 amide bonds. The van der Waals surface area contributed by atoms with Crippen LogP contribution in [-0.4, -0.2) is 31.6 Å². The monoisotopic (exact) mass is 318 g/mol. The minimum atomic E-state index is 0. The van der Waals surface area contributed by atoms with Gasteiger partial charge in [0.15, 0.2) is 0 Å². The van der Waals surface area contributed by atoms with Gasteiger partial charge in [-0.1, -0.05) is 36.4 Å². The number of halogens is 1. The molecule has 1 aliphatic rings. The van der Waals surface area contributed by atoms with Crippen LogP contribution in [0.3, 0.4) is 0 Å². The number of likely N-dealkylation sites (tertiary alicyclic amines) is 1. The molecule has 0 aliphatic carbocycles. The van der Waals surface area contributed by atoms with Crippen LogP contribution in [0.5, 0.6) is 0 Å². The molecule has 2 aromatic carbocycles. The maximum Gasteiger partial charge on any atom is 0.0233 e. The van der Waals surface area contributed by atoms with Crippen molar-refractivity contribution in [1.29, 1.82) is 0 Å². The molecule has 0 spiro atoms. The molecule has 0 saturated carbocycles. The van der Waals surface area contributed by atoms with Crippen LogP contribution in [0, 0.1) is 5.92 Å². The lowest BCUT2D eigenvalue weighted by Crippen LogP contribution is -2.34. The average Bonchev–Trinajstić information content (AvgIpc) is 2.54. The van der Waals surface area contributed by atoms with Gasteiger partial charge in [-0.15, -0.1) is 12.4 Å². The van der Waals surface area contributed by atoms with E-state index in [0.717, 1.165) is 19.0 Å². The van der Waals surface area contributed by atoms with E-state index in [1.54, 1.807) is 0 Å². The first kappa shape index (κ1) is 17.3. The lowest BCUT2D eigenvalue weighted by molar-refractivity contribution is 0.172. The molecule has 1 N–H and O–H groups in total. The van der Waals surface area contributed by atoms with E-state index in [9.17, 15) is 0 Å². The molecule has 0 bridgehead atoms. The zero-order valence-corrected chi connectivity index (χ0v) is 14.2. The molecule has 1 fully saturated rings. The van der Waals surface area contributed by atoms with Crippen molar-refractivity contribution in [2.24, 2.45) is 5.92 Å². The molecule has 22 heavy (non-hydrogen) atoms. The first-order valence-electron chi connectivity index (χ1n) is 8.20. The molecule has 1 heterocycles. The maximum absolute atomic E-state index is 3.27. The largest absolute Gasteiger partial charge is 0.320 e. The van der Waals surface area contributed by atoms with Gasteiger partial charge in [0.25, 0.3) is 0 Å². The fraction of sp³-hybridized carbons (Fsp3) is 0.474. The molecule has 0 unspecified atom stereocenters. The molecule has 3 rings (SSSR count). The van der Waals surface area contributed by atoms with Crippen molar-refractivity contribution in [3.8, 4) is 0 Å². The third-order valence-electron chi connectivity index (χ3n) is 4.73. The summed E-state index contributed by atoms with van der Waals surface area (Å²) in [5.74, 6) is 0.922. The Morgan fingerprint density at radius 1 is 1.05 bits per heavy atom. The first-order chi connectivity index (χ1) is 10.3.